The van der Waals surface area contributed by atoms with Gasteiger partial charge in [-0.2, -0.15) is 0 Å². The first-order valence-electron chi connectivity index (χ1n) is 12.0. The van der Waals surface area contributed by atoms with Crippen molar-refractivity contribution in [3.8, 4) is 10.6 Å². The lowest BCUT2D eigenvalue weighted by Crippen LogP contribution is -2.29. The van der Waals surface area contributed by atoms with Gasteiger partial charge in [0.2, 0.25) is 11.8 Å². The molecule has 0 bridgehead atoms. The zero-order valence-electron chi connectivity index (χ0n) is 20.2. The van der Waals surface area contributed by atoms with Gasteiger partial charge in [0.25, 0.3) is 5.91 Å². The molecule has 2 aromatic carbocycles. The first-order valence-corrected chi connectivity index (χ1v) is 13.6. The summed E-state index contributed by atoms with van der Waals surface area (Å²) in [5, 5.41) is 4.84. The summed E-state index contributed by atoms with van der Waals surface area (Å²) in [5.74, 6) is -0.742. The summed E-state index contributed by atoms with van der Waals surface area (Å²) in [7, 11) is 0. The van der Waals surface area contributed by atoms with E-state index in [0.29, 0.717) is 11.3 Å². The maximum atomic E-state index is 13.4. The predicted molar refractivity (Wildman–Crippen MR) is 151 cm³/mol. The van der Waals surface area contributed by atoms with Crippen molar-refractivity contribution in [1.82, 2.24) is 9.88 Å². The number of nitrogens with one attached hydrogen (secondary N) is 1. The molecule has 10 heteroatoms. The van der Waals surface area contributed by atoms with Crippen LogP contribution in [0.15, 0.2) is 48.5 Å². The first-order chi connectivity index (χ1) is 17.5. The number of para-hydroxylation sites is 1. The molecular formula is C27H25ClN4O3S2. The maximum absolute atomic E-state index is 13.4. The Morgan fingerprint density at radius 1 is 1.03 bits per heavy atom. The number of aromatic nitrogens is 1. The van der Waals surface area contributed by atoms with E-state index >= 15 is 0 Å². The number of thiazole rings is 1. The Kier molecular flexibility index (Phi) is 7.13. The summed E-state index contributed by atoms with van der Waals surface area (Å²) in [6, 6.07) is 14.8. The highest BCUT2D eigenvalue weighted by Gasteiger charge is 2.31. The molecule has 0 atom stereocenters. The minimum absolute atomic E-state index is 0. The Balaban J connectivity index is 0.00000280. The van der Waals surface area contributed by atoms with Gasteiger partial charge in [-0.1, -0.05) is 25.1 Å². The normalized spacial score (nSPS) is 15.6. The van der Waals surface area contributed by atoms with Crippen LogP contribution in [0.5, 0.6) is 0 Å². The van der Waals surface area contributed by atoms with E-state index in [1.807, 2.05) is 18.2 Å². The van der Waals surface area contributed by atoms with E-state index in [2.05, 4.69) is 23.2 Å². The molecule has 1 fully saturated rings. The number of fused-ring (bicyclic) bond motifs is 2. The van der Waals surface area contributed by atoms with Crippen LogP contribution in [0.4, 0.5) is 10.7 Å². The number of benzene rings is 2. The summed E-state index contributed by atoms with van der Waals surface area (Å²) in [4.78, 5) is 47.5. The van der Waals surface area contributed by atoms with E-state index in [0.717, 1.165) is 51.8 Å². The second-order valence-electron chi connectivity index (χ2n) is 8.94. The number of rotatable bonds is 5. The van der Waals surface area contributed by atoms with Crippen molar-refractivity contribution in [3.63, 3.8) is 0 Å². The molecule has 4 aromatic rings. The van der Waals surface area contributed by atoms with Gasteiger partial charge < -0.3 is 5.32 Å². The number of carbonyl (C=O) groups is 3. The van der Waals surface area contributed by atoms with Gasteiger partial charge in [0.1, 0.15) is 10.0 Å². The van der Waals surface area contributed by atoms with Crippen molar-refractivity contribution in [2.24, 2.45) is 0 Å². The fraction of sp³-hybridized carbons (Fsp3) is 0.259. The zero-order valence-corrected chi connectivity index (χ0v) is 22.6. The van der Waals surface area contributed by atoms with Crippen molar-refractivity contribution >= 4 is 73.7 Å². The molecule has 1 N–H and O–H groups in total. The minimum Gasteiger partial charge on any atom is -0.313 e. The second-order valence-corrected chi connectivity index (χ2v) is 11.1. The van der Waals surface area contributed by atoms with Gasteiger partial charge >= 0.3 is 0 Å². The highest BCUT2D eigenvalue weighted by Crippen LogP contribution is 2.45. The molecule has 2 aromatic heterocycles. The number of likely N-dealkylation sites (N-methyl/N-ethyl adjacent to an activating group) is 1. The molecule has 1 saturated heterocycles. The number of imide groups is 1. The highest BCUT2D eigenvalue weighted by molar-refractivity contribution is 7.23. The molecule has 0 aliphatic carbocycles. The molecule has 4 heterocycles. The average Bonchev–Trinajstić information content (AvgIpc) is 3.57. The molecule has 7 nitrogen and oxygen atoms in total. The van der Waals surface area contributed by atoms with E-state index < -0.39 is 0 Å². The largest absolute Gasteiger partial charge is 0.313 e. The lowest BCUT2D eigenvalue weighted by molar-refractivity contribution is -0.121. The quantitative estimate of drug-likeness (QED) is 0.320. The monoisotopic (exact) mass is 552 g/mol. The summed E-state index contributed by atoms with van der Waals surface area (Å²) >= 11 is 3.25. The Hall–Kier alpha value is -3.11. The van der Waals surface area contributed by atoms with E-state index in [9.17, 15) is 14.4 Å². The van der Waals surface area contributed by atoms with Crippen LogP contribution in [-0.4, -0.2) is 40.7 Å². The molecule has 0 radical (unpaired) electrons. The SMILES string of the molecule is CCN1CCc2c(sc(NC(=O)c3cccc(N4C(=O)CCC4=O)c3)c2-c2nc3ccccc3s2)C1.Cl. The average molecular weight is 553 g/mol. The lowest BCUT2D eigenvalue weighted by atomic mass is 10.0. The van der Waals surface area contributed by atoms with E-state index in [1.54, 1.807) is 46.9 Å². The van der Waals surface area contributed by atoms with Gasteiger partial charge in [-0.25, -0.2) is 4.98 Å². The van der Waals surface area contributed by atoms with Crippen molar-refractivity contribution in [3.05, 3.63) is 64.5 Å². The third-order valence-corrected chi connectivity index (χ3v) is 8.92. The van der Waals surface area contributed by atoms with Crippen LogP contribution in [-0.2, 0) is 22.6 Å². The Morgan fingerprint density at radius 3 is 2.57 bits per heavy atom. The molecule has 190 valence electrons. The lowest BCUT2D eigenvalue weighted by Gasteiger charge is -2.25. The number of hydrogen-bond donors (Lipinski definition) is 1. The van der Waals surface area contributed by atoms with Gasteiger partial charge in [-0.05, 0) is 48.9 Å². The number of carbonyl (C=O) groups excluding carboxylic acids is 3. The molecular weight excluding hydrogens is 528 g/mol. The summed E-state index contributed by atoms with van der Waals surface area (Å²) in [6.45, 7) is 4.99. The zero-order chi connectivity index (χ0) is 24.8. The van der Waals surface area contributed by atoms with E-state index in [-0.39, 0.29) is 43.0 Å². The van der Waals surface area contributed by atoms with Gasteiger partial charge in [0, 0.05) is 41.9 Å². The van der Waals surface area contributed by atoms with Crippen LogP contribution < -0.4 is 10.2 Å². The molecule has 2 aliphatic heterocycles. The van der Waals surface area contributed by atoms with Crippen LogP contribution in [0.3, 0.4) is 0 Å². The predicted octanol–water partition coefficient (Wildman–Crippen LogP) is 5.73. The number of anilines is 2. The fourth-order valence-electron chi connectivity index (χ4n) is 4.85. The number of thiophene rings is 1. The van der Waals surface area contributed by atoms with Crippen LogP contribution in [0.2, 0.25) is 0 Å². The van der Waals surface area contributed by atoms with Crippen LogP contribution in [0.25, 0.3) is 20.8 Å². The molecule has 6 rings (SSSR count). The number of nitrogens with zero attached hydrogens (tertiary/aromatic N) is 3. The summed E-state index contributed by atoms with van der Waals surface area (Å²) < 4.78 is 1.11. The third-order valence-electron chi connectivity index (χ3n) is 6.74. The van der Waals surface area contributed by atoms with Gasteiger partial charge in [-0.15, -0.1) is 35.1 Å². The Bertz CT molecular complexity index is 1480. The standard InChI is InChI=1S/C27H24N4O3S2.ClH/c1-2-30-13-12-18-21(15-30)36-27(24(18)26-28-19-8-3-4-9-20(19)35-26)29-25(34)16-6-5-7-17(14-16)31-22(32)10-11-23(31)33;/h3-9,14H,2,10-13,15H2,1H3,(H,29,34);1H. The maximum Gasteiger partial charge on any atom is 0.256 e. The number of hydrogen-bond acceptors (Lipinski definition) is 7. The first kappa shape index (κ1) is 25.5. The van der Waals surface area contributed by atoms with E-state index in [4.69, 9.17) is 4.98 Å². The molecule has 0 saturated carbocycles. The highest BCUT2D eigenvalue weighted by atomic mass is 35.5. The van der Waals surface area contributed by atoms with Crippen molar-refractivity contribution in [2.45, 2.75) is 32.7 Å². The summed E-state index contributed by atoms with van der Waals surface area (Å²) in [5.41, 5.74) is 4.07. The minimum atomic E-state index is -0.274. The number of amides is 3. The van der Waals surface area contributed by atoms with E-state index in [1.165, 1.54) is 15.3 Å². The van der Waals surface area contributed by atoms with Crippen molar-refractivity contribution in [2.75, 3.05) is 23.3 Å². The van der Waals surface area contributed by atoms with Gasteiger partial charge in [-0.3, -0.25) is 24.2 Å². The van der Waals surface area contributed by atoms with Crippen LogP contribution >= 0.6 is 35.1 Å². The molecule has 0 spiro atoms. The van der Waals surface area contributed by atoms with Crippen molar-refractivity contribution < 1.29 is 14.4 Å². The Labute approximate surface area is 228 Å². The fourth-order valence-corrected chi connectivity index (χ4v) is 7.24. The van der Waals surface area contributed by atoms with Crippen LogP contribution in [0.1, 0.15) is 40.6 Å². The van der Waals surface area contributed by atoms with Gasteiger partial charge in [0.05, 0.1) is 15.9 Å². The molecule has 2 aliphatic rings. The van der Waals surface area contributed by atoms with Crippen molar-refractivity contribution in [1.29, 1.82) is 0 Å². The Morgan fingerprint density at radius 2 is 1.81 bits per heavy atom. The van der Waals surface area contributed by atoms with Gasteiger partial charge in [0.15, 0.2) is 0 Å². The van der Waals surface area contributed by atoms with Crippen LogP contribution in [0, 0.1) is 0 Å². The number of halogens is 1. The smallest absolute Gasteiger partial charge is 0.256 e. The molecule has 0 unspecified atom stereocenters. The third kappa shape index (κ3) is 4.68. The molecule has 3 amide bonds. The second kappa shape index (κ2) is 10.3. The summed E-state index contributed by atoms with van der Waals surface area (Å²) in [6.07, 6.45) is 1.32. The molecule has 37 heavy (non-hydrogen) atoms. The topological polar surface area (TPSA) is 82.6 Å².